The van der Waals surface area contributed by atoms with E-state index in [0.29, 0.717) is 13.2 Å². The molecule has 1 aliphatic rings. The van der Waals surface area contributed by atoms with Crippen LogP contribution in [0.3, 0.4) is 0 Å². The third kappa shape index (κ3) is 4.28. The Hall–Kier alpha value is -2.49. The van der Waals surface area contributed by atoms with Crippen molar-refractivity contribution in [1.82, 2.24) is 0 Å². The van der Waals surface area contributed by atoms with Crippen LogP contribution in [0, 0.1) is 19.8 Å². The van der Waals surface area contributed by atoms with E-state index in [1.165, 1.54) is 0 Å². The van der Waals surface area contributed by atoms with E-state index in [1.807, 2.05) is 56.3 Å². The highest BCUT2D eigenvalue weighted by Gasteiger charge is 2.29. The second-order valence-corrected chi connectivity index (χ2v) is 6.21. The highest BCUT2D eigenvalue weighted by atomic mass is 16.5. The minimum absolute atomic E-state index is 0.116. The maximum Gasteiger partial charge on any atom is 0.227 e. The lowest BCUT2D eigenvalue weighted by Crippen LogP contribution is -2.13. The van der Waals surface area contributed by atoms with Crippen molar-refractivity contribution in [3.8, 4) is 11.5 Å². The van der Waals surface area contributed by atoms with E-state index in [-0.39, 0.29) is 11.8 Å². The first-order chi connectivity index (χ1) is 11.6. The van der Waals surface area contributed by atoms with Crippen molar-refractivity contribution in [1.29, 1.82) is 0 Å². The standard InChI is InChI=1S/C20H23NO3/c1-14-4-3-5-15(2)19(14)24-13-12-23-18-10-8-17(9-11-18)21-20(22)16-6-7-16/h3-5,8-11,16H,6-7,12-13H2,1-2H3,(H,21,22). The number of ether oxygens (including phenoxy) is 2. The van der Waals surface area contributed by atoms with Crippen LogP contribution in [0.1, 0.15) is 24.0 Å². The predicted octanol–water partition coefficient (Wildman–Crippen LogP) is 4.11. The third-order valence-corrected chi connectivity index (χ3v) is 4.08. The van der Waals surface area contributed by atoms with Gasteiger partial charge in [-0.25, -0.2) is 0 Å². The first-order valence-corrected chi connectivity index (χ1v) is 8.36. The Balaban J connectivity index is 1.44. The second kappa shape index (κ2) is 7.39. The van der Waals surface area contributed by atoms with E-state index in [2.05, 4.69) is 5.32 Å². The van der Waals surface area contributed by atoms with Crippen LogP contribution in [0.2, 0.25) is 0 Å². The van der Waals surface area contributed by atoms with Gasteiger partial charge in [0.1, 0.15) is 24.7 Å². The average Bonchev–Trinajstić information content (AvgIpc) is 3.40. The minimum Gasteiger partial charge on any atom is -0.490 e. The largest absolute Gasteiger partial charge is 0.490 e. The number of para-hydroxylation sites is 1. The van der Waals surface area contributed by atoms with Gasteiger partial charge in [0.05, 0.1) is 0 Å². The van der Waals surface area contributed by atoms with Crippen LogP contribution in [-0.2, 0) is 4.79 Å². The molecule has 2 aromatic rings. The zero-order valence-electron chi connectivity index (χ0n) is 14.2. The molecule has 1 fully saturated rings. The molecule has 1 aliphatic carbocycles. The van der Waals surface area contributed by atoms with E-state index in [9.17, 15) is 4.79 Å². The molecule has 1 amide bonds. The number of carbonyl (C=O) groups excluding carboxylic acids is 1. The molecule has 1 saturated carbocycles. The van der Waals surface area contributed by atoms with Crippen molar-refractivity contribution < 1.29 is 14.3 Å². The molecule has 0 atom stereocenters. The van der Waals surface area contributed by atoms with Gasteiger partial charge in [0.2, 0.25) is 5.91 Å². The maximum absolute atomic E-state index is 11.7. The van der Waals surface area contributed by atoms with Crippen molar-refractivity contribution in [3.05, 3.63) is 53.6 Å². The molecule has 24 heavy (non-hydrogen) atoms. The number of aryl methyl sites for hydroxylation is 2. The van der Waals surface area contributed by atoms with Crippen molar-refractivity contribution in [2.24, 2.45) is 5.92 Å². The summed E-state index contributed by atoms with van der Waals surface area (Å²) in [7, 11) is 0. The van der Waals surface area contributed by atoms with Gasteiger partial charge in [-0.15, -0.1) is 0 Å². The Morgan fingerprint density at radius 2 is 1.62 bits per heavy atom. The summed E-state index contributed by atoms with van der Waals surface area (Å²) in [5, 5.41) is 2.91. The molecule has 1 N–H and O–H groups in total. The molecule has 0 heterocycles. The van der Waals surface area contributed by atoms with Crippen LogP contribution in [0.25, 0.3) is 0 Å². The summed E-state index contributed by atoms with van der Waals surface area (Å²) in [6.45, 7) is 5.04. The van der Waals surface area contributed by atoms with Gasteiger partial charge in [0.25, 0.3) is 0 Å². The Labute approximate surface area is 142 Å². The Morgan fingerprint density at radius 1 is 1.00 bits per heavy atom. The topological polar surface area (TPSA) is 47.6 Å². The highest BCUT2D eigenvalue weighted by molar-refractivity contribution is 5.94. The molecule has 0 spiro atoms. The fourth-order valence-corrected chi connectivity index (χ4v) is 2.55. The number of rotatable bonds is 7. The van der Waals surface area contributed by atoms with Gasteiger partial charge < -0.3 is 14.8 Å². The summed E-state index contributed by atoms with van der Waals surface area (Å²) in [4.78, 5) is 11.7. The van der Waals surface area contributed by atoms with Crippen molar-refractivity contribution in [2.75, 3.05) is 18.5 Å². The number of amides is 1. The monoisotopic (exact) mass is 325 g/mol. The smallest absolute Gasteiger partial charge is 0.227 e. The second-order valence-electron chi connectivity index (χ2n) is 6.21. The quantitative estimate of drug-likeness (QED) is 0.779. The molecule has 0 bridgehead atoms. The maximum atomic E-state index is 11.7. The van der Waals surface area contributed by atoms with Gasteiger partial charge in [-0.1, -0.05) is 18.2 Å². The van der Waals surface area contributed by atoms with Gasteiger partial charge in [-0.3, -0.25) is 4.79 Å². The summed E-state index contributed by atoms with van der Waals surface area (Å²) in [5.41, 5.74) is 3.07. The summed E-state index contributed by atoms with van der Waals surface area (Å²) in [6, 6.07) is 13.6. The summed E-state index contributed by atoms with van der Waals surface area (Å²) in [5.74, 6) is 2.03. The fourth-order valence-electron chi connectivity index (χ4n) is 2.55. The Morgan fingerprint density at radius 3 is 2.25 bits per heavy atom. The lowest BCUT2D eigenvalue weighted by atomic mass is 10.1. The van der Waals surface area contributed by atoms with Gasteiger partial charge in [-0.05, 0) is 62.1 Å². The molecule has 2 aromatic carbocycles. The molecular formula is C20H23NO3. The molecule has 0 radical (unpaired) electrons. The number of carbonyl (C=O) groups is 1. The number of benzene rings is 2. The lowest BCUT2D eigenvalue weighted by molar-refractivity contribution is -0.117. The molecule has 0 saturated heterocycles. The Kier molecular flexibility index (Phi) is 5.04. The molecule has 0 unspecified atom stereocenters. The van der Waals surface area contributed by atoms with Crippen molar-refractivity contribution >= 4 is 11.6 Å². The number of anilines is 1. The van der Waals surface area contributed by atoms with Crippen molar-refractivity contribution in [3.63, 3.8) is 0 Å². The van der Waals surface area contributed by atoms with Gasteiger partial charge in [-0.2, -0.15) is 0 Å². The summed E-state index contributed by atoms with van der Waals surface area (Å²) >= 11 is 0. The first kappa shape index (κ1) is 16.4. The van der Waals surface area contributed by atoms with Crippen LogP contribution < -0.4 is 14.8 Å². The fraction of sp³-hybridized carbons (Fsp3) is 0.350. The van der Waals surface area contributed by atoms with Crippen LogP contribution in [0.4, 0.5) is 5.69 Å². The van der Waals surface area contributed by atoms with Crippen LogP contribution >= 0.6 is 0 Å². The molecule has 0 aromatic heterocycles. The highest BCUT2D eigenvalue weighted by Crippen LogP contribution is 2.30. The van der Waals surface area contributed by atoms with Crippen LogP contribution in [0.15, 0.2) is 42.5 Å². The van der Waals surface area contributed by atoms with E-state index in [1.54, 1.807) is 0 Å². The molecule has 4 nitrogen and oxygen atoms in total. The van der Waals surface area contributed by atoms with E-state index >= 15 is 0 Å². The number of nitrogens with one attached hydrogen (secondary N) is 1. The Bertz CT molecular complexity index is 685. The molecule has 4 heteroatoms. The van der Waals surface area contributed by atoms with Crippen LogP contribution in [-0.4, -0.2) is 19.1 Å². The minimum atomic E-state index is 0.116. The van der Waals surface area contributed by atoms with Crippen molar-refractivity contribution in [2.45, 2.75) is 26.7 Å². The molecule has 0 aliphatic heterocycles. The third-order valence-electron chi connectivity index (χ3n) is 4.08. The average molecular weight is 325 g/mol. The van der Waals surface area contributed by atoms with Gasteiger partial charge in [0.15, 0.2) is 0 Å². The number of hydrogen-bond donors (Lipinski definition) is 1. The summed E-state index contributed by atoms with van der Waals surface area (Å²) in [6.07, 6.45) is 2.01. The van der Waals surface area contributed by atoms with Gasteiger partial charge >= 0.3 is 0 Å². The van der Waals surface area contributed by atoms with E-state index in [0.717, 1.165) is 41.2 Å². The van der Waals surface area contributed by atoms with Gasteiger partial charge in [0, 0.05) is 11.6 Å². The molecule has 3 rings (SSSR count). The lowest BCUT2D eigenvalue weighted by Gasteiger charge is -2.13. The molecule has 126 valence electrons. The molecular weight excluding hydrogens is 302 g/mol. The summed E-state index contributed by atoms with van der Waals surface area (Å²) < 4.78 is 11.5. The predicted molar refractivity (Wildman–Crippen MR) is 94.7 cm³/mol. The van der Waals surface area contributed by atoms with E-state index < -0.39 is 0 Å². The van der Waals surface area contributed by atoms with Crippen LogP contribution in [0.5, 0.6) is 11.5 Å². The number of hydrogen-bond acceptors (Lipinski definition) is 3. The SMILES string of the molecule is Cc1cccc(C)c1OCCOc1ccc(NC(=O)C2CC2)cc1. The first-order valence-electron chi connectivity index (χ1n) is 8.36. The normalized spacial score (nSPS) is 13.4. The zero-order chi connectivity index (χ0) is 16.9. The zero-order valence-corrected chi connectivity index (χ0v) is 14.2. The van der Waals surface area contributed by atoms with E-state index in [4.69, 9.17) is 9.47 Å².